The maximum Gasteiger partial charge on any atom is 0.305 e. The summed E-state index contributed by atoms with van der Waals surface area (Å²) >= 11 is 5.76. The van der Waals surface area contributed by atoms with Gasteiger partial charge in [0, 0.05) is 6.42 Å². The smallest absolute Gasteiger partial charge is 0.305 e. The van der Waals surface area contributed by atoms with E-state index in [1.54, 1.807) is 0 Å². The zero-order chi connectivity index (χ0) is 21.3. The predicted molar refractivity (Wildman–Crippen MR) is 94.7 cm³/mol. The summed E-state index contributed by atoms with van der Waals surface area (Å²) < 4.78 is 54.9. The Labute approximate surface area is 164 Å². The number of amidine groups is 1. The summed E-state index contributed by atoms with van der Waals surface area (Å²) in [4.78, 5) is 38.4. The summed E-state index contributed by atoms with van der Waals surface area (Å²) in [5.41, 5.74) is -0.308. The van der Waals surface area contributed by atoms with Crippen molar-refractivity contribution in [2.75, 3.05) is 12.4 Å². The third kappa shape index (κ3) is 4.89. The molecule has 0 atom stereocenters. The van der Waals surface area contributed by atoms with Gasteiger partial charge in [0.2, 0.25) is 10.8 Å². The molecule has 12 nitrogen and oxygen atoms in total. The van der Waals surface area contributed by atoms with Gasteiger partial charge in [0.1, 0.15) is 5.78 Å². The van der Waals surface area contributed by atoms with Crippen LogP contribution >= 0.6 is 11.6 Å². The fourth-order valence-corrected chi connectivity index (χ4v) is 4.22. The number of esters is 1. The van der Waals surface area contributed by atoms with Crippen LogP contribution in [0.15, 0.2) is 20.5 Å². The second-order valence-electron chi connectivity index (χ2n) is 5.43. The number of fused-ring (bicyclic) bond motifs is 1. The SMILES string of the molecule is COC(=O)CCC(=O)CC(=O)C1=NS(=O)(=O)c2nc(S(N)(=O)=O)c(Cl)cc2N1. The molecule has 0 amide bonds. The van der Waals surface area contributed by atoms with E-state index >= 15 is 0 Å². The molecule has 28 heavy (non-hydrogen) atoms. The van der Waals surface area contributed by atoms with Gasteiger partial charge in [-0.25, -0.2) is 18.5 Å². The molecule has 0 saturated heterocycles. The fourth-order valence-electron chi connectivity index (χ4n) is 2.07. The Morgan fingerprint density at radius 3 is 2.50 bits per heavy atom. The number of carbonyl (C=O) groups excluding carboxylic acids is 3. The van der Waals surface area contributed by atoms with Crippen LogP contribution in [0.4, 0.5) is 5.69 Å². The van der Waals surface area contributed by atoms with Crippen LogP contribution in [-0.2, 0) is 39.2 Å². The number of pyridine rings is 1. The molecule has 1 aromatic heterocycles. The van der Waals surface area contributed by atoms with Crippen LogP contribution in [0.5, 0.6) is 0 Å². The molecule has 0 aliphatic carbocycles. The zero-order valence-corrected chi connectivity index (χ0v) is 16.5. The van der Waals surface area contributed by atoms with Gasteiger partial charge in [-0.15, -0.1) is 4.40 Å². The molecule has 0 aromatic carbocycles. The summed E-state index contributed by atoms with van der Waals surface area (Å²) in [6, 6.07) is 0.905. The molecule has 0 bridgehead atoms. The van der Waals surface area contributed by atoms with Crippen LogP contribution in [0.25, 0.3) is 0 Å². The van der Waals surface area contributed by atoms with Gasteiger partial charge in [0.25, 0.3) is 10.0 Å². The van der Waals surface area contributed by atoms with Crippen LogP contribution in [0.1, 0.15) is 19.3 Å². The standard InChI is InChI=1S/C13H13ClN4O8S2/c1-26-10(21)3-2-6(19)4-9(20)11-16-8-5-7(14)12(27(15,22)23)17-13(8)28(24,25)18-11/h5H,2-4H2,1H3,(H,16,18)(H2,15,22,23). The van der Waals surface area contributed by atoms with Gasteiger partial charge < -0.3 is 10.1 Å². The number of aromatic nitrogens is 1. The van der Waals surface area contributed by atoms with E-state index in [2.05, 4.69) is 19.4 Å². The minimum Gasteiger partial charge on any atom is -0.469 e. The van der Waals surface area contributed by atoms with Crippen molar-refractivity contribution in [3.05, 3.63) is 11.1 Å². The maximum absolute atomic E-state index is 12.3. The molecule has 0 radical (unpaired) electrons. The first-order chi connectivity index (χ1) is 12.8. The lowest BCUT2D eigenvalue weighted by molar-refractivity contribution is -0.142. The summed E-state index contributed by atoms with van der Waals surface area (Å²) in [7, 11) is -7.84. The third-order valence-corrected chi connectivity index (χ3v) is 5.82. The quantitative estimate of drug-likeness (QED) is 0.397. The van der Waals surface area contributed by atoms with Crippen LogP contribution < -0.4 is 10.5 Å². The molecule has 1 aromatic rings. The van der Waals surface area contributed by atoms with Crippen molar-refractivity contribution in [1.82, 2.24) is 4.98 Å². The van der Waals surface area contributed by atoms with Gasteiger partial charge in [-0.3, -0.25) is 14.4 Å². The Balaban J connectivity index is 2.28. The lowest BCUT2D eigenvalue weighted by atomic mass is 10.1. The highest BCUT2D eigenvalue weighted by Crippen LogP contribution is 2.31. The molecule has 3 N–H and O–H groups in total. The number of halogens is 1. The van der Waals surface area contributed by atoms with Crippen LogP contribution in [-0.4, -0.2) is 52.3 Å². The first kappa shape index (κ1) is 21.9. The topological polar surface area (TPSA) is 192 Å². The Morgan fingerprint density at radius 2 is 1.93 bits per heavy atom. The molecule has 152 valence electrons. The minimum atomic E-state index is -4.57. The number of anilines is 1. The van der Waals surface area contributed by atoms with E-state index < -0.39 is 64.9 Å². The number of hydrogen-bond donors (Lipinski definition) is 2. The van der Waals surface area contributed by atoms with Crippen molar-refractivity contribution in [3.63, 3.8) is 0 Å². The molecule has 2 rings (SSSR count). The molecule has 0 saturated carbocycles. The number of hydrogen-bond acceptors (Lipinski definition) is 10. The van der Waals surface area contributed by atoms with E-state index in [4.69, 9.17) is 16.7 Å². The molecule has 0 spiro atoms. The molecule has 15 heteroatoms. The van der Waals surface area contributed by atoms with E-state index in [0.29, 0.717) is 0 Å². The van der Waals surface area contributed by atoms with E-state index in [9.17, 15) is 31.2 Å². The fraction of sp³-hybridized carbons (Fsp3) is 0.308. The summed E-state index contributed by atoms with van der Waals surface area (Å²) in [5, 5.41) is 5.12. The van der Waals surface area contributed by atoms with Crippen LogP contribution in [0.3, 0.4) is 0 Å². The Morgan fingerprint density at radius 1 is 1.29 bits per heavy atom. The second kappa shape index (κ2) is 7.90. The normalized spacial score (nSPS) is 15.0. The van der Waals surface area contributed by atoms with Crippen molar-refractivity contribution in [1.29, 1.82) is 0 Å². The van der Waals surface area contributed by atoms with Crippen molar-refractivity contribution in [3.8, 4) is 0 Å². The molecular formula is C13H13ClN4O8S2. The van der Waals surface area contributed by atoms with E-state index in [0.717, 1.165) is 13.2 Å². The van der Waals surface area contributed by atoms with Crippen LogP contribution in [0.2, 0.25) is 5.02 Å². The highest BCUT2D eigenvalue weighted by Gasteiger charge is 2.33. The van der Waals surface area contributed by atoms with Crippen molar-refractivity contribution in [2.45, 2.75) is 29.3 Å². The summed E-state index contributed by atoms with van der Waals surface area (Å²) in [6.07, 6.45) is -1.23. The van der Waals surface area contributed by atoms with Gasteiger partial charge in [-0.05, 0) is 6.07 Å². The number of sulfonamides is 2. The van der Waals surface area contributed by atoms with Crippen molar-refractivity contribution in [2.24, 2.45) is 9.54 Å². The van der Waals surface area contributed by atoms with E-state index in [-0.39, 0.29) is 18.5 Å². The number of nitrogens with two attached hydrogens (primary N) is 1. The molecule has 2 heterocycles. The second-order valence-corrected chi connectivity index (χ2v) is 8.83. The lowest BCUT2D eigenvalue weighted by Crippen LogP contribution is -2.31. The average molecular weight is 453 g/mol. The Kier molecular flexibility index (Phi) is 6.18. The summed E-state index contributed by atoms with van der Waals surface area (Å²) in [6.45, 7) is 0. The van der Waals surface area contributed by atoms with Gasteiger partial charge in [0.05, 0.1) is 30.7 Å². The minimum absolute atomic E-state index is 0.237. The monoisotopic (exact) mass is 452 g/mol. The zero-order valence-electron chi connectivity index (χ0n) is 14.1. The lowest BCUT2D eigenvalue weighted by Gasteiger charge is -2.17. The van der Waals surface area contributed by atoms with Gasteiger partial charge in [-0.2, -0.15) is 8.42 Å². The highest BCUT2D eigenvalue weighted by molar-refractivity contribution is 7.90. The molecule has 1 aliphatic heterocycles. The van der Waals surface area contributed by atoms with Crippen molar-refractivity contribution >= 4 is 60.7 Å². The van der Waals surface area contributed by atoms with Gasteiger partial charge in [0.15, 0.2) is 10.9 Å². The first-order valence-electron chi connectivity index (χ1n) is 7.32. The van der Waals surface area contributed by atoms with Crippen LogP contribution in [0, 0.1) is 0 Å². The molecule has 0 fully saturated rings. The Hall–Kier alpha value is -2.42. The Bertz CT molecular complexity index is 1110. The number of methoxy groups -OCH3 is 1. The van der Waals surface area contributed by atoms with E-state index in [1.165, 1.54) is 0 Å². The first-order valence-corrected chi connectivity index (χ1v) is 10.7. The average Bonchev–Trinajstić information content (AvgIpc) is 2.57. The molecular weight excluding hydrogens is 440 g/mol. The largest absolute Gasteiger partial charge is 0.469 e. The number of nitrogens with zero attached hydrogens (tertiary/aromatic N) is 2. The number of nitrogens with one attached hydrogen (secondary N) is 1. The number of ketones is 2. The highest BCUT2D eigenvalue weighted by atomic mass is 35.5. The predicted octanol–water partition coefficient (Wildman–Crippen LogP) is -0.623. The number of ether oxygens (including phenoxy) is 1. The number of rotatable bonds is 7. The number of carbonyl (C=O) groups is 3. The maximum atomic E-state index is 12.3. The number of primary sulfonamides is 1. The summed E-state index contributed by atoms with van der Waals surface area (Å²) in [5.74, 6) is -2.92. The molecule has 0 unspecified atom stereocenters. The van der Waals surface area contributed by atoms with Crippen molar-refractivity contribution < 1.29 is 36.0 Å². The number of Topliss-reactive ketones (excluding diaryl/α,β-unsaturated/α-hetero) is 2. The van der Waals surface area contributed by atoms with E-state index in [1.807, 2.05) is 0 Å². The van der Waals surface area contributed by atoms with Gasteiger partial charge in [-0.1, -0.05) is 11.6 Å². The van der Waals surface area contributed by atoms with Gasteiger partial charge >= 0.3 is 16.0 Å². The molecule has 1 aliphatic rings. The third-order valence-electron chi connectivity index (χ3n) is 3.34.